The van der Waals surface area contributed by atoms with Crippen LogP contribution in [0.3, 0.4) is 0 Å². The van der Waals surface area contributed by atoms with E-state index < -0.39 is 10.7 Å². The summed E-state index contributed by atoms with van der Waals surface area (Å²) < 4.78 is 19.0. The number of halogens is 2. The number of nitro groups is 1. The molecule has 0 aromatic heterocycles. The summed E-state index contributed by atoms with van der Waals surface area (Å²) in [6.45, 7) is 0.621. The molecule has 0 saturated heterocycles. The largest absolute Gasteiger partial charge is 0.492 e. The minimum absolute atomic E-state index is 0.0558. The molecule has 0 radical (unpaired) electrons. The first-order chi connectivity index (χ1) is 10.1. The minimum atomic E-state index is -0.565. The van der Waals surface area contributed by atoms with Gasteiger partial charge >= 0.3 is 0 Å². The maximum Gasteiger partial charge on any atom is 0.293 e. The first-order valence-corrected chi connectivity index (χ1v) is 6.92. The SMILES string of the molecule is O=[N+]([O-])c1cc(Br)c(F)cc1NCCOc1ccccc1. The van der Waals surface area contributed by atoms with Gasteiger partial charge in [0.15, 0.2) is 0 Å². The number of hydrogen-bond donors (Lipinski definition) is 1. The van der Waals surface area contributed by atoms with Crippen LogP contribution in [-0.2, 0) is 0 Å². The van der Waals surface area contributed by atoms with Gasteiger partial charge in [-0.1, -0.05) is 18.2 Å². The van der Waals surface area contributed by atoms with Crippen LogP contribution in [-0.4, -0.2) is 18.1 Å². The molecule has 2 aromatic rings. The molecule has 0 unspecified atom stereocenters. The molecule has 0 fully saturated rings. The molecule has 2 rings (SSSR count). The number of benzene rings is 2. The van der Waals surface area contributed by atoms with Gasteiger partial charge in [0, 0.05) is 18.7 Å². The molecule has 5 nitrogen and oxygen atoms in total. The van der Waals surface area contributed by atoms with Crippen LogP contribution in [0.1, 0.15) is 0 Å². The maximum absolute atomic E-state index is 13.5. The summed E-state index contributed by atoms with van der Waals surface area (Å²) in [5, 5.41) is 13.7. The highest BCUT2D eigenvalue weighted by atomic mass is 79.9. The highest BCUT2D eigenvalue weighted by molar-refractivity contribution is 9.10. The summed E-state index contributed by atoms with van der Waals surface area (Å²) >= 11 is 2.93. The first-order valence-electron chi connectivity index (χ1n) is 6.13. The zero-order chi connectivity index (χ0) is 15.2. The Morgan fingerprint density at radius 2 is 2.00 bits per heavy atom. The van der Waals surface area contributed by atoms with Gasteiger partial charge in [-0.05, 0) is 28.1 Å². The van der Waals surface area contributed by atoms with E-state index in [9.17, 15) is 14.5 Å². The fourth-order valence-electron chi connectivity index (χ4n) is 1.70. The van der Waals surface area contributed by atoms with Crippen LogP contribution in [0.2, 0.25) is 0 Å². The van der Waals surface area contributed by atoms with Crippen molar-refractivity contribution in [1.82, 2.24) is 0 Å². The van der Waals surface area contributed by atoms with Crippen LogP contribution in [0.25, 0.3) is 0 Å². The second-order valence-corrected chi connectivity index (χ2v) is 4.98. The summed E-state index contributed by atoms with van der Waals surface area (Å²) in [6.07, 6.45) is 0. The quantitative estimate of drug-likeness (QED) is 0.484. The number of nitro benzene ring substituents is 1. The molecule has 0 bridgehead atoms. The molecule has 21 heavy (non-hydrogen) atoms. The van der Waals surface area contributed by atoms with Crippen LogP contribution >= 0.6 is 15.9 Å². The van der Waals surface area contributed by atoms with Crippen molar-refractivity contribution in [3.63, 3.8) is 0 Å². The van der Waals surface area contributed by atoms with Crippen molar-refractivity contribution in [3.8, 4) is 5.75 Å². The van der Waals surface area contributed by atoms with Gasteiger partial charge in [0.2, 0.25) is 0 Å². The number of nitrogens with one attached hydrogen (secondary N) is 1. The smallest absolute Gasteiger partial charge is 0.293 e. The van der Waals surface area contributed by atoms with E-state index >= 15 is 0 Å². The van der Waals surface area contributed by atoms with Gasteiger partial charge in [-0.15, -0.1) is 0 Å². The van der Waals surface area contributed by atoms with Gasteiger partial charge in [0.1, 0.15) is 23.9 Å². The van der Waals surface area contributed by atoms with Crippen molar-refractivity contribution >= 4 is 27.3 Å². The molecule has 0 aliphatic carbocycles. The average molecular weight is 355 g/mol. The lowest BCUT2D eigenvalue weighted by Crippen LogP contribution is -2.12. The van der Waals surface area contributed by atoms with Crippen molar-refractivity contribution < 1.29 is 14.1 Å². The fraction of sp³-hybridized carbons (Fsp3) is 0.143. The topological polar surface area (TPSA) is 64.4 Å². The summed E-state index contributed by atoms with van der Waals surface area (Å²) in [4.78, 5) is 10.4. The predicted octanol–water partition coefficient (Wildman–Crippen LogP) is 3.99. The molecule has 0 heterocycles. The Balaban J connectivity index is 1.96. The van der Waals surface area contributed by atoms with Gasteiger partial charge in [-0.2, -0.15) is 0 Å². The second-order valence-electron chi connectivity index (χ2n) is 4.13. The highest BCUT2D eigenvalue weighted by Gasteiger charge is 2.17. The molecule has 0 saturated carbocycles. The normalized spacial score (nSPS) is 10.2. The van der Waals surface area contributed by atoms with Crippen molar-refractivity contribution in [2.24, 2.45) is 0 Å². The third kappa shape index (κ3) is 4.16. The van der Waals surface area contributed by atoms with Crippen molar-refractivity contribution in [3.05, 3.63) is 62.9 Å². The van der Waals surface area contributed by atoms with Crippen LogP contribution in [0.4, 0.5) is 15.8 Å². The lowest BCUT2D eigenvalue weighted by atomic mass is 10.2. The Bertz CT molecular complexity index is 638. The molecular weight excluding hydrogens is 343 g/mol. The van der Waals surface area contributed by atoms with E-state index in [0.29, 0.717) is 18.9 Å². The molecule has 2 aromatic carbocycles. The summed E-state index contributed by atoms with van der Waals surface area (Å²) in [5.41, 5.74) is -0.0691. The Hall–Kier alpha value is -2.15. The number of anilines is 1. The van der Waals surface area contributed by atoms with E-state index in [1.54, 1.807) is 0 Å². The monoisotopic (exact) mass is 354 g/mol. The third-order valence-electron chi connectivity index (χ3n) is 2.66. The van der Waals surface area contributed by atoms with Crippen molar-refractivity contribution in [2.75, 3.05) is 18.5 Å². The summed E-state index contributed by atoms with van der Waals surface area (Å²) in [7, 11) is 0. The average Bonchev–Trinajstić information content (AvgIpc) is 2.47. The van der Waals surface area contributed by atoms with Crippen LogP contribution in [0.15, 0.2) is 46.9 Å². The molecular formula is C14H12BrFN2O3. The van der Waals surface area contributed by atoms with Crippen molar-refractivity contribution in [2.45, 2.75) is 0 Å². The van der Waals surface area contributed by atoms with E-state index in [0.717, 1.165) is 12.1 Å². The molecule has 7 heteroatoms. The Labute approximate surface area is 129 Å². The van der Waals surface area contributed by atoms with Gasteiger partial charge in [-0.25, -0.2) is 4.39 Å². The third-order valence-corrected chi connectivity index (χ3v) is 3.27. The second kappa shape index (κ2) is 7.03. The zero-order valence-electron chi connectivity index (χ0n) is 10.9. The molecule has 0 aliphatic heterocycles. The lowest BCUT2D eigenvalue weighted by molar-refractivity contribution is -0.384. The highest BCUT2D eigenvalue weighted by Crippen LogP contribution is 2.30. The van der Waals surface area contributed by atoms with Crippen LogP contribution in [0, 0.1) is 15.9 Å². The Morgan fingerprint density at radius 1 is 1.29 bits per heavy atom. The standard InChI is InChI=1S/C14H12BrFN2O3/c15-11-8-14(18(19)20)13(9-12(11)16)17-6-7-21-10-4-2-1-3-5-10/h1-5,8-9,17H,6-7H2. The van der Waals surface area contributed by atoms with Gasteiger partial charge in [0.25, 0.3) is 5.69 Å². The van der Waals surface area contributed by atoms with E-state index in [1.807, 2.05) is 30.3 Å². The van der Waals surface area contributed by atoms with E-state index in [1.165, 1.54) is 0 Å². The first kappa shape index (κ1) is 15.2. The molecule has 0 aliphatic rings. The molecule has 0 spiro atoms. The van der Waals surface area contributed by atoms with Crippen LogP contribution in [0.5, 0.6) is 5.75 Å². The number of para-hydroxylation sites is 1. The summed E-state index contributed by atoms with van der Waals surface area (Å²) in [5.74, 6) is 0.142. The Kier molecular flexibility index (Phi) is 5.10. The van der Waals surface area contributed by atoms with E-state index in [4.69, 9.17) is 4.74 Å². The zero-order valence-corrected chi connectivity index (χ0v) is 12.5. The maximum atomic E-state index is 13.5. The molecule has 110 valence electrons. The fourth-order valence-corrected chi connectivity index (χ4v) is 2.03. The van der Waals surface area contributed by atoms with Crippen LogP contribution < -0.4 is 10.1 Å². The van der Waals surface area contributed by atoms with E-state index in [-0.39, 0.29) is 15.8 Å². The van der Waals surface area contributed by atoms with E-state index in [2.05, 4.69) is 21.2 Å². The summed E-state index contributed by atoms with van der Waals surface area (Å²) in [6, 6.07) is 11.4. The number of hydrogen-bond acceptors (Lipinski definition) is 4. The number of nitrogens with zero attached hydrogens (tertiary/aromatic N) is 1. The lowest BCUT2D eigenvalue weighted by Gasteiger charge is -2.09. The van der Waals surface area contributed by atoms with Gasteiger partial charge in [-0.3, -0.25) is 10.1 Å². The van der Waals surface area contributed by atoms with Gasteiger partial charge < -0.3 is 10.1 Å². The molecule has 1 N–H and O–H groups in total. The molecule has 0 atom stereocenters. The number of rotatable bonds is 6. The predicted molar refractivity (Wildman–Crippen MR) is 81.2 cm³/mol. The Morgan fingerprint density at radius 3 is 2.67 bits per heavy atom. The number of ether oxygens (including phenoxy) is 1. The van der Waals surface area contributed by atoms with Crippen molar-refractivity contribution in [1.29, 1.82) is 0 Å². The minimum Gasteiger partial charge on any atom is -0.492 e. The van der Waals surface area contributed by atoms with Gasteiger partial charge in [0.05, 0.1) is 9.40 Å². The molecule has 0 amide bonds.